The average Bonchev–Trinajstić information content (AvgIpc) is 2.41. The molecule has 0 amide bonds. The van der Waals surface area contributed by atoms with Gasteiger partial charge in [-0.3, -0.25) is 4.79 Å². The predicted octanol–water partition coefficient (Wildman–Crippen LogP) is 3.43. The lowest BCUT2D eigenvalue weighted by Crippen LogP contribution is -2.20. The van der Waals surface area contributed by atoms with E-state index in [2.05, 4.69) is 0 Å². The first-order chi connectivity index (χ1) is 9.15. The second-order valence-electron chi connectivity index (χ2n) is 4.98. The van der Waals surface area contributed by atoms with Crippen LogP contribution in [0.15, 0.2) is 18.2 Å². The largest absolute Gasteiger partial charge is 0.378 e. The summed E-state index contributed by atoms with van der Waals surface area (Å²) in [7, 11) is 0. The SMILES string of the molecule is O=C(CCC1CCCCO1)Cc1ccc(F)cc1F. The lowest BCUT2D eigenvalue weighted by Gasteiger charge is -2.22. The van der Waals surface area contributed by atoms with Gasteiger partial charge >= 0.3 is 0 Å². The molecular weight excluding hydrogens is 250 g/mol. The number of rotatable bonds is 5. The molecule has 0 saturated carbocycles. The minimum absolute atomic E-state index is 0.0266. The summed E-state index contributed by atoms with van der Waals surface area (Å²) in [5, 5.41) is 0. The Kier molecular flexibility index (Phi) is 5.02. The second-order valence-corrected chi connectivity index (χ2v) is 4.98. The van der Waals surface area contributed by atoms with Crippen molar-refractivity contribution >= 4 is 5.78 Å². The summed E-state index contributed by atoms with van der Waals surface area (Å²) >= 11 is 0. The minimum atomic E-state index is -0.651. The van der Waals surface area contributed by atoms with E-state index in [0.717, 1.165) is 31.9 Å². The van der Waals surface area contributed by atoms with Crippen LogP contribution in [0.1, 0.15) is 37.7 Å². The zero-order valence-corrected chi connectivity index (χ0v) is 10.8. The second kappa shape index (κ2) is 6.75. The van der Waals surface area contributed by atoms with E-state index in [1.54, 1.807) is 0 Å². The van der Waals surface area contributed by atoms with E-state index >= 15 is 0 Å². The Balaban J connectivity index is 1.80. The van der Waals surface area contributed by atoms with E-state index in [1.165, 1.54) is 12.1 Å². The van der Waals surface area contributed by atoms with Crippen LogP contribution in [0.4, 0.5) is 8.78 Å². The zero-order valence-electron chi connectivity index (χ0n) is 10.8. The van der Waals surface area contributed by atoms with Crippen molar-refractivity contribution in [3.8, 4) is 0 Å². The van der Waals surface area contributed by atoms with Gasteiger partial charge in [0.05, 0.1) is 6.10 Å². The maximum atomic E-state index is 13.4. The molecule has 0 aromatic heterocycles. The summed E-state index contributed by atoms with van der Waals surface area (Å²) < 4.78 is 31.7. The molecular formula is C15H18F2O2. The number of halogens is 2. The number of Topliss-reactive ketones (excluding diaryl/α,β-unsaturated/α-hetero) is 1. The summed E-state index contributed by atoms with van der Waals surface area (Å²) in [6.07, 6.45) is 4.51. The molecule has 1 fully saturated rings. The molecule has 1 heterocycles. The first-order valence-electron chi connectivity index (χ1n) is 6.72. The van der Waals surface area contributed by atoms with E-state index < -0.39 is 11.6 Å². The summed E-state index contributed by atoms with van der Waals surface area (Å²) in [6.45, 7) is 0.769. The number of carbonyl (C=O) groups is 1. The van der Waals surface area contributed by atoms with Gasteiger partial charge in [0.2, 0.25) is 0 Å². The van der Waals surface area contributed by atoms with Gasteiger partial charge in [-0.25, -0.2) is 8.78 Å². The van der Waals surface area contributed by atoms with Crippen molar-refractivity contribution < 1.29 is 18.3 Å². The lowest BCUT2D eigenvalue weighted by molar-refractivity contribution is -0.119. The third-order valence-electron chi connectivity index (χ3n) is 3.42. The number of benzene rings is 1. The van der Waals surface area contributed by atoms with Gasteiger partial charge in [0.1, 0.15) is 17.4 Å². The molecule has 104 valence electrons. The van der Waals surface area contributed by atoms with E-state index in [9.17, 15) is 13.6 Å². The maximum Gasteiger partial charge on any atom is 0.137 e. The number of ether oxygens (including phenoxy) is 1. The van der Waals surface area contributed by atoms with Crippen LogP contribution in [-0.4, -0.2) is 18.5 Å². The molecule has 1 aromatic carbocycles. The Morgan fingerprint density at radius 3 is 2.84 bits per heavy atom. The van der Waals surface area contributed by atoms with Gasteiger partial charge < -0.3 is 4.74 Å². The molecule has 1 atom stereocenters. The average molecular weight is 268 g/mol. The molecule has 1 aliphatic rings. The van der Waals surface area contributed by atoms with Crippen LogP contribution in [0.5, 0.6) is 0 Å². The van der Waals surface area contributed by atoms with E-state index in [4.69, 9.17) is 4.74 Å². The Bertz CT molecular complexity index is 440. The normalized spacial score (nSPS) is 19.4. The van der Waals surface area contributed by atoms with Crippen LogP contribution in [-0.2, 0) is 16.0 Å². The molecule has 1 aliphatic heterocycles. The fourth-order valence-electron chi connectivity index (χ4n) is 2.32. The monoisotopic (exact) mass is 268 g/mol. The molecule has 0 radical (unpaired) electrons. The van der Waals surface area contributed by atoms with Crippen molar-refractivity contribution in [2.75, 3.05) is 6.61 Å². The number of hydrogen-bond acceptors (Lipinski definition) is 2. The Hall–Kier alpha value is -1.29. The highest BCUT2D eigenvalue weighted by molar-refractivity contribution is 5.80. The Morgan fingerprint density at radius 2 is 2.16 bits per heavy atom. The number of carbonyl (C=O) groups excluding carboxylic acids is 1. The summed E-state index contributed by atoms with van der Waals surface area (Å²) in [5.74, 6) is -1.30. The van der Waals surface area contributed by atoms with Crippen LogP contribution >= 0.6 is 0 Å². The summed E-state index contributed by atoms with van der Waals surface area (Å²) in [5.41, 5.74) is 0.260. The van der Waals surface area contributed by atoms with Crippen LogP contribution in [0, 0.1) is 11.6 Å². The predicted molar refractivity (Wildman–Crippen MR) is 67.9 cm³/mol. The molecule has 0 bridgehead atoms. The molecule has 0 aliphatic carbocycles. The van der Waals surface area contributed by atoms with Gasteiger partial charge in [0.15, 0.2) is 0 Å². The third kappa shape index (κ3) is 4.39. The molecule has 19 heavy (non-hydrogen) atoms. The van der Waals surface area contributed by atoms with Gasteiger partial charge in [-0.05, 0) is 37.3 Å². The van der Waals surface area contributed by atoms with Crippen molar-refractivity contribution in [2.45, 2.75) is 44.6 Å². The quantitative estimate of drug-likeness (QED) is 0.818. The molecule has 2 rings (SSSR count). The highest BCUT2D eigenvalue weighted by Crippen LogP contribution is 2.18. The van der Waals surface area contributed by atoms with Crippen LogP contribution in [0.2, 0.25) is 0 Å². The molecule has 0 spiro atoms. The van der Waals surface area contributed by atoms with E-state index in [0.29, 0.717) is 12.8 Å². The number of ketones is 1. The maximum absolute atomic E-state index is 13.4. The van der Waals surface area contributed by atoms with E-state index in [-0.39, 0.29) is 23.9 Å². The van der Waals surface area contributed by atoms with Crippen molar-refractivity contribution in [1.29, 1.82) is 0 Å². The van der Waals surface area contributed by atoms with Crippen molar-refractivity contribution in [3.63, 3.8) is 0 Å². The third-order valence-corrected chi connectivity index (χ3v) is 3.42. The van der Waals surface area contributed by atoms with Crippen molar-refractivity contribution in [2.24, 2.45) is 0 Å². The molecule has 2 nitrogen and oxygen atoms in total. The summed E-state index contributed by atoms with van der Waals surface area (Å²) in [4.78, 5) is 11.8. The minimum Gasteiger partial charge on any atom is -0.378 e. The van der Waals surface area contributed by atoms with Crippen LogP contribution < -0.4 is 0 Å². The molecule has 1 saturated heterocycles. The molecule has 1 aromatic rings. The Morgan fingerprint density at radius 1 is 1.32 bits per heavy atom. The van der Waals surface area contributed by atoms with Crippen molar-refractivity contribution in [3.05, 3.63) is 35.4 Å². The molecule has 0 N–H and O–H groups in total. The highest BCUT2D eigenvalue weighted by Gasteiger charge is 2.16. The first-order valence-corrected chi connectivity index (χ1v) is 6.72. The smallest absolute Gasteiger partial charge is 0.137 e. The topological polar surface area (TPSA) is 26.3 Å². The van der Waals surface area contributed by atoms with Crippen LogP contribution in [0.25, 0.3) is 0 Å². The van der Waals surface area contributed by atoms with Gasteiger partial charge in [-0.1, -0.05) is 6.07 Å². The number of hydrogen-bond donors (Lipinski definition) is 0. The Labute approximate surface area is 111 Å². The fourth-order valence-corrected chi connectivity index (χ4v) is 2.32. The van der Waals surface area contributed by atoms with E-state index in [1.807, 2.05) is 0 Å². The van der Waals surface area contributed by atoms with Gasteiger partial charge in [-0.2, -0.15) is 0 Å². The lowest BCUT2D eigenvalue weighted by atomic mass is 10.00. The van der Waals surface area contributed by atoms with Gasteiger partial charge in [0.25, 0.3) is 0 Å². The standard InChI is InChI=1S/C15H18F2O2/c16-12-5-4-11(15(17)10-12)9-13(18)6-7-14-3-1-2-8-19-14/h4-5,10,14H,1-3,6-9H2. The van der Waals surface area contributed by atoms with Crippen molar-refractivity contribution in [1.82, 2.24) is 0 Å². The zero-order chi connectivity index (χ0) is 13.7. The highest BCUT2D eigenvalue weighted by atomic mass is 19.1. The molecule has 1 unspecified atom stereocenters. The first kappa shape index (κ1) is 14.1. The summed E-state index contributed by atoms with van der Waals surface area (Å²) in [6, 6.07) is 3.32. The van der Waals surface area contributed by atoms with Gasteiger partial charge in [-0.15, -0.1) is 0 Å². The van der Waals surface area contributed by atoms with Gasteiger partial charge in [0, 0.05) is 25.5 Å². The fraction of sp³-hybridized carbons (Fsp3) is 0.533. The van der Waals surface area contributed by atoms with Crippen LogP contribution in [0.3, 0.4) is 0 Å². The molecule has 4 heteroatoms.